The smallest absolute Gasteiger partial charge is 0.272 e. The van der Waals surface area contributed by atoms with Crippen molar-refractivity contribution in [3.8, 4) is 0 Å². The van der Waals surface area contributed by atoms with E-state index in [9.17, 15) is 4.79 Å². The van der Waals surface area contributed by atoms with E-state index < -0.39 is 0 Å². The maximum Gasteiger partial charge on any atom is 0.272 e. The molecular formula is C12H15ClN4O. The van der Waals surface area contributed by atoms with Crippen LogP contribution in [0.15, 0.2) is 17.1 Å². The number of aromatic nitrogens is 3. The Morgan fingerprint density at radius 3 is 3.22 bits per heavy atom. The van der Waals surface area contributed by atoms with Gasteiger partial charge in [0.2, 0.25) is 0 Å². The van der Waals surface area contributed by atoms with E-state index >= 15 is 0 Å². The van der Waals surface area contributed by atoms with E-state index in [2.05, 4.69) is 15.4 Å². The van der Waals surface area contributed by atoms with E-state index in [0.29, 0.717) is 16.6 Å². The molecule has 1 fully saturated rings. The van der Waals surface area contributed by atoms with Gasteiger partial charge >= 0.3 is 0 Å². The Labute approximate surface area is 109 Å². The second kappa shape index (κ2) is 4.74. The molecule has 1 atom stereocenters. The fourth-order valence-corrected chi connectivity index (χ4v) is 2.67. The van der Waals surface area contributed by atoms with Gasteiger partial charge in [-0.05, 0) is 38.3 Å². The summed E-state index contributed by atoms with van der Waals surface area (Å²) < 4.78 is 1.37. The Bertz CT molecular complexity index is 612. The van der Waals surface area contributed by atoms with Gasteiger partial charge in [-0.3, -0.25) is 9.89 Å². The van der Waals surface area contributed by atoms with Crippen LogP contribution in [-0.2, 0) is 6.42 Å². The van der Waals surface area contributed by atoms with Crippen LogP contribution in [0, 0.1) is 5.92 Å². The third-order valence-corrected chi connectivity index (χ3v) is 3.68. The zero-order chi connectivity index (χ0) is 12.5. The number of halogens is 1. The number of rotatable bonds is 2. The summed E-state index contributed by atoms with van der Waals surface area (Å²) in [4.78, 5) is 16.3. The molecule has 2 N–H and O–H groups in total. The van der Waals surface area contributed by atoms with Gasteiger partial charge in [-0.1, -0.05) is 11.6 Å². The number of aromatic amines is 1. The molecule has 2 aromatic rings. The first-order valence-corrected chi connectivity index (χ1v) is 6.58. The lowest BCUT2D eigenvalue weighted by atomic mass is 9.95. The van der Waals surface area contributed by atoms with Crippen LogP contribution in [0.25, 0.3) is 5.65 Å². The summed E-state index contributed by atoms with van der Waals surface area (Å²) in [6.07, 6.45) is 4.79. The van der Waals surface area contributed by atoms with E-state index in [4.69, 9.17) is 11.6 Å². The monoisotopic (exact) mass is 266 g/mol. The van der Waals surface area contributed by atoms with Gasteiger partial charge in [0.15, 0.2) is 5.65 Å². The number of fused-ring (bicyclic) bond motifs is 1. The largest absolute Gasteiger partial charge is 0.316 e. The van der Waals surface area contributed by atoms with Crippen LogP contribution in [-0.4, -0.2) is 27.7 Å². The summed E-state index contributed by atoms with van der Waals surface area (Å²) in [5.74, 6) is 0.561. The van der Waals surface area contributed by atoms with Gasteiger partial charge in [-0.25, -0.2) is 9.50 Å². The lowest BCUT2D eigenvalue weighted by Gasteiger charge is -2.22. The van der Waals surface area contributed by atoms with E-state index in [1.807, 2.05) is 0 Å². The van der Waals surface area contributed by atoms with Crippen molar-refractivity contribution >= 4 is 17.2 Å². The van der Waals surface area contributed by atoms with Crippen molar-refractivity contribution in [2.45, 2.75) is 19.3 Å². The van der Waals surface area contributed by atoms with E-state index in [1.54, 1.807) is 12.3 Å². The third-order valence-electron chi connectivity index (χ3n) is 3.40. The Morgan fingerprint density at radius 1 is 1.56 bits per heavy atom. The minimum absolute atomic E-state index is 0.106. The quantitative estimate of drug-likeness (QED) is 0.859. The third kappa shape index (κ3) is 2.15. The lowest BCUT2D eigenvalue weighted by molar-refractivity contribution is 0.373. The SMILES string of the molecule is O=c1cc(CC2CCCNC2)nc2c(Cl)c[nH]n12. The number of nitrogens with zero attached hydrogens (tertiary/aromatic N) is 2. The normalized spacial score (nSPS) is 20.4. The first kappa shape index (κ1) is 11.7. The van der Waals surface area contributed by atoms with Crippen LogP contribution in [0.4, 0.5) is 0 Å². The molecule has 0 spiro atoms. The number of hydrogen-bond donors (Lipinski definition) is 2. The molecule has 1 saturated heterocycles. The topological polar surface area (TPSA) is 62.2 Å². The van der Waals surface area contributed by atoms with E-state index in [1.165, 1.54) is 17.4 Å². The van der Waals surface area contributed by atoms with Crippen LogP contribution < -0.4 is 10.9 Å². The minimum Gasteiger partial charge on any atom is -0.316 e. The Morgan fingerprint density at radius 2 is 2.44 bits per heavy atom. The van der Waals surface area contributed by atoms with Crippen molar-refractivity contribution in [1.82, 2.24) is 19.9 Å². The molecule has 1 aliphatic rings. The molecule has 2 aromatic heterocycles. The molecule has 0 radical (unpaired) electrons. The van der Waals surface area contributed by atoms with Gasteiger partial charge in [-0.2, -0.15) is 0 Å². The van der Waals surface area contributed by atoms with E-state index in [-0.39, 0.29) is 5.56 Å². The molecule has 1 unspecified atom stereocenters. The van der Waals surface area contributed by atoms with Crippen LogP contribution in [0.1, 0.15) is 18.5 Å². The van der Waals surface area contributed by atoms with Gasteiger partial charge in [0, 0.05) is 18.0 Å². The molecule has 1 aliphatic heterocycles. The molecule has 18 heavy (non-hydrogen) atoms. The molecule has 3 heterocycles. The zero-order valence-corrected chi connectivity index (χ0v) is 10.7. The van der Waals surface area contributed by atoms with Crippen LogP contribution in [0.3, 0.4) is 0 Å². The molecule has 0 aliphatic carbocycles. The number of piperidine rings is 1. The highest BCUT2D eigenvalue weighted by Crippen LogP contribution is 2.17. The molecule has 96 valence electrons. The van der Waals surface area contributed by atoms with Gasteiger partial charge in [-0.15, -0.1) is 0 Å². The van der Waals surface area contributed by atoms with Gasteiger partial charge < -0.3 is 5.32 Å². The highest BCUT2D eigenvalue weighted by atomic mass is 35.5. The second-order valence-corrected chi connectivity index (χ2v) is 5.19. The van der Waals surface area contributed by atoms with Gasteiger partial charge in [0.05, 0.1) is 0 Å². The second-order valence-electron chi connectivity index (χ2n) is 4.78. The molecule has 0 amide bonds. The minimum atomic E-state index is -0.106. The number of hydrogen-bond acceptors (Lipinski definition) is 3. The molecule has 6 heteroatoms. The number of H-pyrrole nitrogens is 1. The first-order chi connectivity index (χ1) is 8.74. The van der Waals surface area contributed by atoms with Crippen molar-refractivity contribution in [1.29, 1.82) is 0 Å². The van der Waals surface area contributed by atoms with Gasteiger partial charge in [0.25, 0.3) is 5.56 Å². The number of nitrogens with one attached hydrogen (secondary N) is 2. The predicted molar refractivity (Wildman–Crippen MR) is 70.1 cm³/mol. The maximum atomic E-state index is 11.9. The standard InChI is InChI=1S/C12H15ClN4O/c13-10-7-15-17-11(18)5-9(16-12(10)17)4-8-2-1-3-14-6-8/h5,7-8,14-15H,1-4,6H2. The lowest BCUT2D eigenvalue weighted by Crippen LogP contribution is -2.31. The molecule has 5 nitrogen and oxygen atoms in total. The highest BCUT2D eigenvalue weighted by Gasteiger charge is 2.15. The average Bonchev–Trinajstić information content (AvgIpc) is 2.73. The summed E-state index contributed by atoms with van der Waals surface area (Å²) in [7, 11) is 0. The van der Waals surface area contributed by atoms with Crippen molar-refractivity contribution < 1.29 is 0 Å². The summed E-state index contributed by atoms with van der Waals surface area (Å²) in [6.45, 7) is 2.09. The molecular weight excluding hydrogens is 252 g/mol. The van der Waals surface area contributed by atoms with Crippen LogP contribution in [0.2, 0.25) is 5.02 Å². The first-order valence-electron chi connectivity index (χ1n) is 6.20. The highest BCUT2D eigenvalue weighted by molar-refractivity contribution is 6.33. The van der Waals surface area contributed by atoms with Crippen molar-refractivity contribution in [2.24, 2.45) is 5.92 Å². The van der Waals surface area contributed by atoms with Gasteiger partial charge in [0.1, 0.15) is 5.02 Å². The Hall–Kier alpha value is -1.33. The molecule has 0 saturated carbocycles. The van der Waals surface area contributed by atoms with Crippen molar-refractivity contribution in [3.63, 3.8) is 0 Å². The van der Waals surface area contributed by atoms with E-state index in [0.717, 1.165) is 25.2 Å². The summed E-state index contributed by atoms with van der Waals surface area (Å²) in [6, 6.07) is 1.59. The van der Waals surface area contributed by atoms with Crippen LogP contribution in [0.5, 0.6) is 0 Å². The fraction of sp³-hybridized carbons (Fsp3) is 0.500. The summed E-state index contributed by atoms with van der Waals surface area (Å²) >= 11 is 5.99. The van der Waals surface area contributed by atoms with Crippen molar-refractivity contribution in [3.05, 3.63) is 33.3 Å². The van der Waals surface area contributed by atoms with Crippen LogP contribution >= 0.6 is 11.6 Å². The molecule has 0 aromatic carbocycles. The molecule has 3 rings (SSSR count). The average molecular weight is 267 g/mol. The fourth-order valence-electron chi connectivity index (χ4n) is 2.50. The predicted octanol–water partition coefficient (Wildman–Crippen LogP) is 1.22. The molecule has 0 bridgehead atoms. The Kier molecular flexibility index (Phi) is 3.09. The Balaban J connectivity index is 1.92. The van der Waals surface area contributed by atoms with Crippen molar-refractivity contribution in [2.75, 3.05) is 13.1 Å². The maximum absolute atomic E-state index is 11.9. The summed E-state index contributed by atoms with van der Waals surface area (Å²) in [5, 5.41) is 6.64. The zero-order valence-electron chi connectivity index (χ0n) is 9.95. The summed E-state index contributed by atoms with van der Waals surface area (Å²) in [5.41, 5.74) is 1.24.